The van der Waals surface area contributed by atoms with Crippen LogP contribution in [0.3, 0.4) is 0 Å². The highest BCUT2D eigenvalue weighted by Crippen LogP contribution is 2.19. The first kappa shape index (κ1) is 8.53. The van der Waals surface area contributed by atoms with Crippen molar-refractivity contribution in [2.24, 2.45) is 11.7 Å². The van der Waals surface area contributed by atoms with Gasteiger partial charge in [-0.2, -0.15) is 0 Å². The van der Waals surface area contributed by atoms with Crippen molar-refractivity contribution in [1.29, 1.82) is 0 Å². The first-order valence-electron chi connectivity index (χ1n) is 4.11. The summed E-state index contributed by atoms with van der Waals surface area (Å²) < 4.78 is 5.37. The van der Waals surface area contributed by atoms with E-state index in [4.69, 9.17) is 10.5 Å². The molecule has 3 nitrogen and oxygen atoms in total. The highest BCUT2D eigenvalue weighted by Gasteiger charge is 2.20. The lowest BCUT2D eigenvalue weighted by Gasteiger charge is -2.12. The molecule has 0 radical (unpaired) electrons. The van der Waals surface area contributed by atoms with Gasteiger partial charge in [-0.25, -0.2) is 0 Å². The monoisotopic (exact) mass is 157 g/mol. The average molecular weight is 157 g/mol. The SMILES string of the molecule is CC(CC1CCCO1)C(N)=O. The molecule has 2 N–H and O–H groups in total. The molecule has 0 aromatic rings. The summed E-state index contributed by atoms with van der Waals surface area (Å²) >= 11 is 0. The second-order valence-corrected chi connectivity index (χ2v) is 3.17. The lowest BCUT2D eigenvalue weighted by Crippen LogP contribution is -2.24. The zero-order chi connectivity index (χ0) is 8.27. The molecule has 0 aromatic heterocycles. The van der Waals surface area contributed by atoms with Crippen molar-refractivity contribution in [1.82, 2.24) is 0 Å². The van der Waals surface area contributed by atoms with Crippen LogP contribution in [0.25, 0.3) is 0 Å². The number of amides is 1. The minimum atomic E-state index is -0.222. The summed E-state index contributed by atoms with van der Waals surface area (Å²) in [6, 6.07) is 0. The third kappa shape index (κ3) is 2.50. The average Bonchev–Trinajstić information content (AvgIpc) is 2.39. The van der Waals surface area contributed by atoms with E-state index in [1.165, 1.54) is 0 Å². The maximum Gasteiger partial charge on any atom is 0.220 e. The van der Waals surface area contributed by atoms with Gasteiger partial charge in [-0.1, -0.05) is 6.92 Å². The van der Waals surface area contributed by atoms with Gasteiger partial charge in [0.2, 0.25) is 5.91 Å². The molecule has 3 heteroatoms. The van der Waals surface area contributed by atoms with Gasteiger partial charge in [0.25, 0.3) is 0 Å². The van der Waals surface area contributed by atoms with Crippen LogP contribution in [0.2, 0.25) is 0 Å². The van der Waals surface area contributed by atoms with Crippen molar-refractivity contribution in [2.45, 2.75) is 32.3 Å². The van der Waals surface area contributed by atoms with Crippen LogP contribution in [0, 0.1) is 5.92 Å². The summed E-state index contributed by atoms with van der Waals surface area (Å²) in [6.45, 7) is 2.69. The molecule has 1 heterocycles. The van der Waals surface area contributed by atoms with Crippen LogP contribution < -0.4 is 5.73 Å². The molecule has 1 saturated heterocycles. The van der Waals surface area contributed by atoms with Gasteiger partial charge >= 0.3 is 0 Å². The fraction of sp³-hybridized carbons (Fsp3) is 0.875. The minimum Gasteiger partial charge on any atom is -0.378 e. The van der Waals surface area contributed by atoms with Gasteiger partial charge in [-0.15, -0.1) is 0 Å². The first-order valence-corrected chi connectivity index (χ1v) is 4.11. The number of nitrogens with two attached hydrogens (primary N) is 1. The van der Waals surface area contributed by atoms with Crippen molar-refractivity contribution in [3.05, 3.63) is 0 Å². The predicted molar refractivity (Wildman–Crippen MR) is 41.9 cm³/mol. The molecule has 1 fully saturated rings. The van der Waals surface area contributed by atoms with Crippen molar-refractivity contribution >= 4 is 5.91 Å². The van der Waals surface area contributed by atoms with E-state index in [0.717, 1.165) is 25.9 Å². The Labute approximate surface area is 66.9 Å². The molecule has 1 aliphatic heterocycles. The second kappa shape index (κ2) is 3.72. The number of hydrogen-bond acceptors (Lipinski definition) is 2. The van der Waals surface area contributed by atoms with Gasteiger partial charge in [0.1, 0.15) is 0 Å². The zero-order valence-electron chi connectivity index (χ0n) is 6.88. The number of carbonyl (C=O) groups is 1. The standard InChI is InChI=1S/C8H15NO2/c1-6(8(9)10)5-7-3-2-4-11-7/h6-7H,2-5H2,1H3,(H2,9,10). The van der Waals surface area contributed by atoms with Gasteiger partial charge < -0.3 is 10.5 Å². The third-order valence-corrected chi connectivity index (χ3v) is 2.13. The van der Waals surface area contributed by atoms with Gasteiger partial charge in [-0.3, -0.25) is 4.79 Å². The number of carbonyl (C=O) groups excluding carboxylic acids is 1. The molecule has 0 aliphatic carbocycles. The zero-order valence-corrected chi connectivity index (χ0v) is 6.88. The smallest absolute Gasteiger partial charge is 0.220 e. The topological polar surface area (TPSA) is 52.3 Å². The van der Waals surface area contributed by atoms with Crippen molar-refractivity contribution < 1.29 is 9.53 Å². The number of ether oxygens (including phenoxy) is 1. The summed E-state index contributed by atoms with van der Waals surface area (Å²) in [7, 11) is 0. The van der Waals surface area contributed by atoms with E-state index in [9.17, 15) is 4.79 Å². The van der Waals surface area contributed by atoms with Crippen LogP contribution in [0.1, 0.15) is 26.2 Å². The van der Waals surface area contributed by atoms with Gasteiger partial charge in [0.15, 0.2) is 0 Å². The molecule has 0 bridgehead atoms. The molecule has 2 unspecified atom stereocenters. The maximum atomic E-state index is 10.7. The largest absolute Gasteiger partial charge is 0.378 e. The molecule has 1 amide bonds. The molecule has 0 spiro atoms. The van der Waals surface area contributed by atoms with E-state index in [0.29, 0.717) is 0 Å². The molecular weight excluding hydrogens is 142 g/mol. The van der Waals surface area contributed by atoms with E-state index >= 15 is 0 Å². The Kier molecular flexibility index (Phi) is 2.88. The molecule has 64 valence electrons. The molecule has 2 atom stereocenters. The van der Waals surface area contributed by atoms with Crippen LogP contribution >= 0.6 is 0 Å². The minimum absolute atomic E-state index is 0.0434. The molecule has 11 heavy (non-hydrogen) atoms. The Morgan fingerprint density at radius 1 is 1.82 bits per heavy atom. The predicted octanol–water partition coefficient (Wildman–Crippen LogP) is 0.677. The summed E-state index contributed by atoms with van der Waals surface area (Å²) in [5.41, 5.74) is 5.12. The number of rotatable bonds is 3. The summed E-state index contributed by atoms with van der Waals surface area (Å²) in [5.74, 6) is -0.265. The van der Waals surface area contributed by atoms with Gasteiger partial charge in [-0.05, 0) is 19.3 Å². The van der Waals surface area contributed by atoms with E-state index in [2.05, 4.69) is 0 Å². The van der Waals surface area contributed by atoms with E-state index in [1.54, 1.807) is 0 Å². The third-order valence-electron chi connectivity index (χ3n) is 2.13. The van der Waals surface area contributed by atoms with Crippen molar-refractivity contribution in [3.8, 4) is 0 Å². The molecule has 0 aromatic carbocycles. The number of primary amides is 1. The molecule has 1 rings (SSSR count). The Balaban J connectivity index is 2.23. The summed E-state index contributed by atoms with van der Waals surface area (Å²) in [5, 5.41) is 0. The Morgan fingerprint density at radius 3 is 3.00 bits per heavy atom. The summed E-state index contributed by atoms with van der Waals surface area (Å²) in [4.78, 5) is 10.7. The van der Waals surface area contributed by atoms with Crippen LogP contribution in [0.15, 0.2) is 0 Å². The molecule has 0 saturated carbocycles. The lowest BCUT2D eigenvalue weighted by atomic mass is 10.0. The quantitative estimate of drug-likeness (QED) is 0.654. The van der Waals surface area contributed by atoms with Gasteiger partial charge in [0, 0.05) is 12.5 Å². The van der Waals surface area contributed by atoms with Crippen LogP contribution in [0.4, 0.5) is 0 Å². The normalized spacial score (nSPS) is 26.8. The lowest BCUT2D eigenvalue weighted by molar-refractivity contribution is -0.122. The van der Waals surface area contributed by atoms with E-state index in [-0.39, 0.29) is 17.9 Å². The van der Waals surface area contributed by atoms with Crippen LogP contribution in [-0.2, 0) is 9.53 Å². The fourth-order valence-corrected chi connectivity index (χ4v) is 1.34. The second-order valence-electron chi connectivity index (χ2n) is 3.17. The van der Waals surface area contributed by atoms with E-state index < -0.39 is 0 Å². The Morgan fingerprint density at radius 2 is 2.55 bits per heavy atom. The summed E-state index contributed by atoms with van der Waals surface area (Å²) in [6.07, 6.45) is 3.26. The fourth-order valence-electron chi connectivity index (χ4n) is 1.34. The van der Waals surface area contributed by atoms with Crippen LogP contribution in [-0.4, -0.2) is 18.6 Å². The highest BCUT2D eigenvalue weighted by atomic mass is 16.5. The maximum absolute atomic E-state index is 10.7. The van der Waals surface area contributed by atoms with Crippen LogP contribution in [0.5, 0.6) is 0 Å². The Bertz CT molecular complexity index is 141. The highest BCUT2D eigenvalue weighted by molar-refractivity contribution is 5.76. The van der Waals surface area contributed by atoms with Gasteiger partial charge in [0.05, 0.1) is 6.10 Å². The van der Waals surface area contributed by atoms with Crippen molar-refractivity contribution in [2.75, 3.05) is 6.61 Å². The van der Waals surface area contributed by atoms with E-state index in [1.807, 2.05) is 6.92 Å². The molecular formula is C8H15NO2. The van der Waals surface area contributed by atoms with Crippen molar-refractivity contribution in [3.63, 3.8) is 0 Å². The number of hydrogen-bond donors (Lipinski definition) is 1. The Hall–Kier alpha value is -0.570. The first-order chi connectivity index (χ1) is 5.20. The molecule has 1 aliphatic rings.